The fourth-order valence-corrected chi connectivity index (χ4v) is 2.59. The molecule has 2 fully saturated rings. The van der Waals surface area contributed by atoms with Crippen LogP contribution in [0.4, 0.5) is 0 Å². The summed E-state index contributed by atoms with van der Waals surface area (Å²) >= 11 is 0. The van der Waals surface area contributed by atoms with Gasteiger partial charge < -0.3 is 11.1 Å². The maximum absolute atomic E-state index is 12.1. The van der Waals surface area contributed by atoms with Crippen molar-refractivity contribution >= 4 is 5.91 Å². The van der Waals surface area contributed by atoms with E-state index in [1.54, 1.807) is 0 Å². The molecule has 1 atom stereocenters. The van der Waals surface area contributed by atoms with E-state index < -0.39 is 0 Å². The normalized spacial score (nSPS) is 26.3. The van der Waals surface area contributed by atoms with Crippen molar-refractivity contribution in [3.05, 3.63) is 0 Å². The van der Waals surface area contributed by atoms with Crippen LogP contribution in [-0.2, 0) is 4.79 Å². The Balaban J connectivity index is 1.89. The maximum Gasteiger partial charge on any atom is 0.226 e. The smallest absolute Gasteiger partial charge is 0.226 e. The fraction of sp³-hybridized carbons (Fsp3) is 0.917. The van der Waals surface area contributed by atoms with Gasteiger partial charge in [0, 0.05) is 18.0 Å². The Morgan fingerprint density at radius 2 is 2.07 bits per heavy atom. The zero-order valence-corrected chi connectivity index (χ0v) is 9.59. The SMILES string of the molecule is CC1(C(=O)NC(CN)C2CC2)CCCC1. The summed E-state index contributed by atoms with van der Waals surface area (Å²) in [5, 5.41) is 3.15. The van der Waals surface area contributed by atoms with E-state index in [4.69, 9.17) is 5.73 Å². The van der Waals surface area contributed by atoms with Gasteiger partial charge in [-0.3, -0.25) is 4.79 Å². The summed E-state index contributed by atoms with van der Waals surface area (Å²) in [5.41, 5.74) is 5.58. The number of carbonyl (C=O) groups excluding carboxylic acids is 1. The summed E-state index contributed by atoms with van der Waals surface area (Å²) in [4.78, 5) is 12.1. The summed E-state index contributed by atoms with van der Waals surface area (Å²) in [6.07, 6.45) is 6.95. The molecule has 0 heterocycles. The third-order valence-electron chi connectivity index (χ3n) is 4.02. The lowest BCUT2D eigenvalue weighted by molar-refractivity contribution is -0.130. The maximum atomic E-state index is 12.1. The van der Waals surface area contributed by atoms with Crippen molar-refractivity contribution < 1.29 is 4.79 Å². The lowest BCUT2D eigenvalue weighted by Gasteiger charge is -2.26. The van der Waals surface area contributed by atoms with Gasteiger partial charge in [-0.2, -0.15) is 0 Å². The quantitative estimate of drug-likeness (QED) is 0.737. The van der Waals surface area contributed by atoms with E-state index >= 15 is 0 Å². The molecule has 15 heavy (non-hydrogen) atoms. The molecular formula is C12H22N2O. The minimum absolute atomic E-state index is 0.109. The highest BCUT2D eigenvalue weighted by atomic mass is 16.2. The van der Waals surface area contributed by atoms with Gasteiger partial charge in [0.2, 0.25) is 5.91 Å². The molecule has 2 aliphatic rings. The van der Waals surface area contributed by atoms with E-state index in [9.17, 15) is 4.79 Å². The molecule has 0 aromatic carbocycles. The van der Waals surface area contributed by atoms with Gasteiger partial charge in [-0.1, -0.05) is 19.8 Å². The fourth-order valence-electron chi connectivity index (χ4n) is 2.59. The van der Waals surface area contributed by atoms with Crippen molar-refractivity contribution in [2.75, 3.05) is 6.54 Å². The van der Waals surface area contributed by atoms with E-state index in [0.29, 0.717) is 12.5 Å². The molecule has 86 valence electrons. The Kier molecular flexibility index (Phi) is 3.01. The van der Waals surface area contributed by atoms with E-state index in [-0.39, 0.29) is 17.4 Å². The zero-order valence-electron chi connectivity index (χ0n) is 9.59. The van der Waals surface area contributed by atoms with Crippen molar-refractivity contribution in [3.63, 3.8) is 0 Å². The molecule has 3 nitrogen and oxygen atoms in total. The molecule has 1 unspecified atom stereocenters. The molecule has 0 saturated heterocycles. The highest BCUT2D eigenvalue weighted by Crippen LogP contribution is 2.38. The second-order valence-corrected chi connectivity index (χ2v) is 5.42. The third-order valence-corrected chi connectivity index (χ3v) is 4.02. The second-order valence-electron chi connectivity index (χ2n) is 5.42. The summed E-state index contributed by atoms with van der Waals surface area (Å²) in [6, 6.07) is 0.231. The summed E-state index contributed by atoms with van der Waals surface area (Å²) in [7, 11) is 0. The Morgan fingerprint density at radius 1 is 1.47 bits per heavy atom. The zero-order chi connectivity index (χ0) is 10.9. The van der Waals surface area contributed by atoms with Crippen molar-refractivity contribution in [3.8, 4) is 0 Å². The molecule has 2 rings (SSSR count). The number of hydrogen-bond donors (Lipinski definition) is 2. The van der Waals surface area contributed by atoms with Gasteiger partial charge in [-0.05, 0) is 31.6 Å². The second kappa shape index (κ2) is 4.12. The molecule has 0 bridgehead atoms. The largest absolute Gasteiger partial charge is 0.351 e. The first kappa shape index (κ1) is 10.9. The molecular weight excluding hydrogens is 188 g/mol. The average molecular weight is 210 g/mol. The third kappa shape index (κ3) is 2.33. The number of nitrogens with two attached hydrogens (primary N) is 1. The molecule has 0 aromatic heterocycles. The van der Waals surface area contributed by atoms with Crippen LogP contribution in [0.2, 0.25) is 0 Å². The molecule has 0 spiro atoms. The Bertz CT molecular complexity index is 242. The van der Waals surface area contributed by atoms with E-state index in [2.05, 4.69) is 12.2 Å². The van der Waals surface area contributed by atoms with Gasteiger partial charge in [0.1, 0.15) is 0 Å². The Labute approximate surface area is 91.8 Å². The van der Waals surface area contributed by atoms with Crippen LogP contribution in [0.1, 0.15) is 45.4 Å². The highest BCUT2D eigenvalue weighted by molar-refractivity contribution is 5.82. The molecule has 2 aliphatic carbocycles. The van der Waals surface area contributed by atoms with E-state index in [0.717, 1.165) is 12.8 Å². The van der Waals surface area contributed by atoms with Gasteiger partial charge >= 0.3 is 0 Å². The van der Waals surface area contributed by atoms with Crippen molar-refractivity contribution in [2.45, 2.75) is 51.5 Å². The van der Waals surface area contributed by atoms with Crippen LogP contribution in [0.15, 0.2) is 0 Å². The van der Waals surface area contributed by atoms with E-state index in [1.807, 2.05) is 0 Å². The Hall–Kier alpha value is -0.570. The predicted molar refractivity (Wildman–Crippen MR) is 60.3 cm³/mol. The Morgan fingerprint density at radius 3 is 2.53 bits per heavy atom. The van der Waals surface area contributed by atoms with Gasteiger partial charge in [-0.25, -0.2) is 0 Å². The minimum Gasteiger partial charge on any atom is -0.351 e. The lowest BCUT2D eigenvalue weighted by Crippen LogP contribution is -2.47. The number of carbonyl (C=O) groups is 1. The number of rotatable bonds is 4. The summed E-state index contributed by atoms with van der Waals surface area (Å²) in [6.45, 7) is 2.68. The monoisotopic (exact) mass is 210 g/mol. The predicted octanol–water partition coefficient (Wildman–Crippen LogP) is 1.42. The van der Waals surface area contributed by atoms with Gasteiger partial charge in [0.25, 0.3) is 0 Å². The number of amides is 1. The van der Waals surface area contributed by atoms with Crippen molar-refractivity contribution in [2.24, 2.45) is 17.1 Å². The van der Waals surface area contributed by atoms with Crippen LogP contribution in [0.5, 0.6) is 0 Å². The summed E-state index contributed by atoms with van der Waals surface area (Å²) < 4.78 is 0. The summed E-state index contributed by atoms with van der Waals surface area (Å²) in [5.74, 6) is 0.895. The number of nitrogens with one attached hydrogen (secondary N) is 1. The van der Waals surface area contributed by atoms with Gasteiger partial charge in [0.15, 0.2) is 0 Å². The average Bonchev–Trinajstić information content (AvgIpc) is 2.97. The van der Waals surface area contributed by atoms with Crippen molar-refractivity contribution in [1.29, 1.82) is 0 Å². The van der Waals surface area contributed by atoms with E-state index in [1.165, 1.54) is 25.7 Å². The van der Waals surface area contributed by atoms with Gasteiger partial charge in [-0.15, -0.1) is 0 Å². The molecule has 2 saturated carbocycles. The van der Waals surface area contributed by atoms with Gasteiger partial charge in [0.05, 0.1) is 0 Å². The van der Waals surface area contributed by atoms with Crippen LogP contribution in [0, 0.1) is 11.3 Å². The first-order chi connectivity index (χ1) is 7.15. The molecule has 0 aromatic rings. The van der Waals surface area contributed by atoms with Crippen LogP contribution in [0.25, 0.3) is 0 Å². The first-order valence-corrected chi connectivity index (χ1v) is 6.17. The molecule has 0 aliphatic heterocycles. The molecule has 1 amide bonds. The minimum atomic E-state index is -0.109. The standard InChI is InChI=1S/C12H22N2O/c1-12(6-2-3-7-12)11(15)14-10(8-13)9-4-5-9/h9-10H,2-8,13H2,1H3,(H,14,15). The van der Waals surface area contributed by atoms with Crippen LogP contribution < -0.4 is 11.1 Å². The van der Waals surface area contributed by atoms with Crippen LogP contribution >= 0.6 is 0 Å². The van der Waals surface area contributed by atoms with Crippen molar-refractivity contribution in [1.82, 2.24) is 5.32 Å². The molecule has 3 N–H and O–H groups in total. The van der Waals surface area contributed by atoms with Crippen LogP contribution in [-0.4, -0.2) is 18.5 Å². The molecule has 0 radical (unpaired) electrons. The molecule has 3 heteroatoms. The first-order valence-electron chi connectivity index (χ1n) is 6.17. The lowest BCUT2D eigenvalue weighted by atomic mass is 9.87. The van der Waals surface area contributed by atoms with Crippen LogP contribution in [0.3, 0.4) is 0 Å². The highest BCUT2D eigenvalue weighted by Gasteiger charge is 2.39. The topological polar surface area (TPSA) is 55.1 Å². The number of hydrogen-bond acceptors (Lipinski definition) is 2.